The van der Waals surface area contributed by atoms with Crippen molar-refractivity contribution in [2.24, 2.45) is 0 Å². The smallest absolute Gasteiger partial charge is 0.236 e. The number of nitrogens with one attached hydrogen (secondary N) is 1. The van der Waals surface area contributed by atoms with E-state index < -0.39 is 0 Å². The van der Waals surface area contributed by atoms with Crippen LogP contribution in [0.5, 0.6) is 0 Å². The lowest BCUT2D eigenvalue weighted by Crippen LogP contribution is -2.52. The second kappa shape index (κ2) is 6.50. The van der Waals surface area contributed by atoms with Gasteiger partial charge >= 0.3 is 0 Å². The molecule has 18 heavy (non-hydrogen) atoms. The van der Waals surface area contributed by atoms with Gasteiger partial charge in [0.2, 0.25) is 5.91 Å². The van der Waals surface area contributed by atoms with Crippen LogP contribution in [-0.4, -0.2) is 74.2 Å². The standard InChI is InChI=1S/C13H27N3O2/c1-13(2,3)14-8-11-9-16(6-7-18-11)12(17)10-15(4)5/h11,14H,6-10H2,1-5H3. The van der Waals surface area contributed by atoms with Crippen LogP contribution in [0.4, 0.5) is 0 Å². The van der Waals surface area contributed by atoms with Crippen molar-refractivity contribution >= 4 is 5.91 Å². The minimum Gasteiger partial charge on any atom is -0.373 e. The molecule has 0 bridgehead atoms. The third kappa shape index (κ3) is 5.80. The number of carbonyl (C=O) groups is 1. The summed E-state index contributed by atoms with van der Waals surface area (Å²) in [5, 5.41) is 3.42. The van der Waals surface area contributed by atoms with E-state index in [0.29, 0.717) is 26.2 Å². The zero-order valence-electron chi connectivity index (χ0n) is 12.3. The maximum absolute atomic E-state index is 12.0. The van der Waals surface area contributed by atoms with Crippen LogP contribution < -0.4 is 5.32 Å². The molecule has 1 unspecified atom stereocenters. The van der Waals surface area contributed by atoms with Gasteiger partial charge in [0, 0.05) is 25.2 Å². The molecule has 1 aliphatic rings. The molecule has 1 saturated heterocycles. The Labute approximate surface area is 110 Å². The van der Waals surface area contributed by atoms with Crippen molar-refractivity contribution in [3.8, 4) is 0 Å². The Balaban J connectivity index is 2.38. The van der Waals surface area contributed by atoms with Gasteiger partial charge in [-0.25, -0.2) is 0 Å². The van der Waals surface area contributed by atoms with Crippen molar-refractivity contribution in [1.82, 2.24) is 15.1 Å². The van der Waals surface area contributed by atoms with E-state index in [4.69, 9.17) is 4.74 Å². The van der Waals surface area contributed by atoms with Gasteiger partial charge < -0.3 is 19.9 Å². The topological polar surface area (TPSA) is 44.8 Å². The van der Waals surface area contributed by atoms with Crippen molar-refractivity contribution in [3.05, 3.63) is 0 Å². The van der Waals surface area contributed by atoms with E-state index in [9.17, 15) is 4.79 Å². The third-order valence-electron chi connectivity index (χ3n) is 2.80. The minimum atomic E-state index is 0.0826. The van der Waals surface area contributed by atoms with Gasteiger partial charge in [-0.1, -0.05) is 0 Å². The minimum absolute atomic E-state index is 0.0826. The summed E-state index contributed by atoms with van der Waals surface area (Å²) in [6.45, 7) is 9.68. The monoisotopic (exact) mass is 257 g/mol. The maximum Gasteiger partial charge on any atom is 0.236 e. The summed E-state index contributed by atoms with van der Waals surface area (Å²) < 4.78 is 5.69. The molecule has 0 aromatic heterocycles. The fourth-order valence-electron chi connectivity index (χ4n) is 1.86. The number of amides is 1. The molecule has 0 saturated carbocycles. The second-order valence-corrected chi connectivity index (χ2v) is 6.20. The molecular weight excluding hydrogens is 230 g/mol. The Morgan fingerprint density at radius 3 is 2.67 bits per heavy atom. The van der Waals surface area contributed by atoms with Gasteiger partial charge in [0.1, 0.15) is 0 Å². The Kier molecular flexibility index (Phi) is 5.56. The van der Waals surface area contributed by atoms with Crippen LogP contribution in [-0.2, 0) is 9.53 Å². The van der Waals surface area contributed by atoms with Crippen molar-refractivity contribution in [3.63, 3.8) is 0 Å². The van der Waals surface area contributed by atoms with Crippen molar-refractivity contribution in [2.45, 2.75) is 32.4 Å². The molecular formula is C13H27N3O2. The molecule has 1 aliphatic heterocycles. The number of likely N-dealkylation sites (N-methyl/N-ethyl adjacent to an activating group) is 1. The predicted octanol–water partition coefficient (Wildman–Crippen LogP) is 0.164. The van der Waals surface area contributed by atoms with Crippen LogP contribution >= 0.6 is 0 Å². The highest BCUT2D eigenvalue weighted by Crippen LogP contribution is 2.07. The maximum atomic E-state index is 12.0. The Bertz CT molecular complexity index is 274. The second-order valence-electron chi connectivity index (χ2n) is 6.20. The van der Waals surface area contributed by atoms with E-state index in [-0.39, 0.29) is 17.6 Å². The first kappa shape index (κ1) is 15.4. The zero-order valence-corrected chi connectivity index (χ0v) is 12.3. The molecule has 5 heteroatoms. The largest absolute Gasteiger partial charge is 0.373 e. The van der Waals surface area contributed by atoms with Gasteiger partial charge in [-0.3, -0.25) is 4.79 Å². The van der Waals surface area contributed by atoms with Gasteiger partial charge in [-0.15, -0.1) is 0 Å². The van der Waals surface area contributed by atoms with Gasteiger partial charge in [0.25, 0.3) is 0 Å². The first-order chi connectivity index (χ1) is 8.28. The number of morpholine rings is 1. The third-order valence-corrected chi connectivity index (χ3v) is 2.80. The normalized spacial score (nSPS) is 21.4. The number of carbonyl (C=O) groups excluding carboxylic acids is 1. The molecule has 0 aromatic rings. The molecule has 0 aromatic carbocycles. The molecule has 1 rings (SSSR count). The molecule has 5 nitrogen and oxygen atoms in total. The Morgan fingerprint density at radius 2 is 2.11 bits per heavy atom. The Hall–Kier alpha value is -0.650. The summed E-state index contributed by atoms with van der Waals surface area (Å²) in [5.74, 6) is 0.184. The molecule has 0 spiro atoms. The van der Waals surface area contributed by atoms with Gasteiger partial charge in [0.05, 0.1) is 19.3 Å². The summed E-state index contributed by atoms with van der Waals surface area (Å²) in [4.78, 5) is 15.8. The molecule has 1 amide bonds. The molecule has 106 valence electrons. The Morgan fingerprint density at radius 1 is 1.44 bits per heavy atom. The number of hydrogen-bond donors (Lipinski definition) is 1. The van der Waals surface area contributed by atoms with E-state index >= 15 is 0 Å². The lowest BCUT2D eigenvalue weighted by molar-refractivity contribution is -0.139. The van der Waals surface area contributed by atoms with E-state index in [1.165, 1.54) is 0 Å². The SMILES string of the molecule is CN(C)CC(=O)N1CCOC(CNC(C)(C)C)C1. The highest BCUT2D eigenvalue weighted by Gasteiger charge is 2.25. The summed E-state index contributed by atoms with van der Waals surface area (Å²) >= 11 is 0. The molecule has 0 aliphatic carbocycles. The van der Waals surface area contributed by atoms with Gasteiger partial charge in [-0.05, 0) is 34.9 Å². The zero-order chi connectivity index (χ0) is 13.8. The number of hydrogen-bond acceptors (Lipinski definition) is 4. The van der Waals surface area contributed by atoms with E-state index in [2.05, 4.69) is 26.1 Å². The lowest BCUT2D eigenvalue weighted by atomic mass is 10.1. The fraction of sp³-hybridized carbons (Fsp3) is 0.923. The summed E-state index contributed by atoms with van der Waals surface area (Å²) in [5.41, 5.74) is 0.0826. The summed E-state index contributed by atoms with van der Waals surface area (Å²) in [6.07, 6.45) is 0.101. The van der Waals surface area contributed by atoms with Crippen LogP contribution in [0, 0.1) is 0 Å². The van der Waals surface area contributed by atoms with Gasteiger partial charge in [0.15, 0.2) is 0 Å². The first-order valence-corrected chi connectivity index (χ1v) is 6.57. The average molecular weight is 257 g/mol. The van der Waals surface area contributed by atoms with Crippen molar-refractivity contribution in [2.75, 3.05) is 46.9 Å². The van der Waals surface area contributed by atoms with E-state index in [0.717, 1.165) is 6.54 Å². The predicted molar refractivity (Wildman–Crippen MR) is 72.6 cm³/mol. The molecule has 0 radical (unpaired) electrons. The first-order valence-electron chi connectivity index (χ1n) is 6.57. The number of ether oxygens (including phenoxy) is 1. The van der Waals surface area contributed by atoms with Crippen molar-refractivity contribution < 1.29 is 9.53 Å². The van der Waals surface area contributed by atoms with Crippen LogP contribution in [0.3, 0.4) is 0 Å². The van der Waals surface area contributed by atoms with Gasteiger partial charge in [-0.2, -0.15) is 0 Å². The molecule has 1 atom stereocenters. The number of nitrogens with zero attached hydrogens (tertiary/aromatic N) is 2. The highest BCUT2D eigenvalue weighted by atomic mass is 16.5. The van der Waals surface area contributed by atoms with E-state index in [1.807, 2.05) is 23.9 Å². The summed E-state index contributed by atoms with van der Waals surface area (Å²) in [6, 6.07) is 0. The molecule has 1 N–H and O–H groups in total. The van der Waals surface area contributed by atoms with Crippen molar-refractivity contribution in [1.29, 1.82) is 0 Å². The van der Waals surface area contributed by atoms with Crippen LogP contribution in [0.2, 0.25) is 0 Å². The average Bonchev–Trinajstić information content (AvgIpc) is 2.25. The lowest BCUT2D eigenvalue weighted by Gasteiger charge is -2.35. The highest BCUT2D eigenvalue weighted by molar-refractivity contribution is 5.78. The quantitative estimate of drug-likeness (QED) is 0.779. The van der Waals surface area contributed by atoms with E-state index in [1.54, 1.807) is 0 Å². The summed E-state index contributed by atoms with van der Waals surface area (Å²) in [7, 11) is 3.83. The van der Waals surface area contributed by atoms with Crippen LogP contribution in [0.1, 0.15) is 20.8 Å². The molecule has 1 fully saturated rings. The fourth-order valence-corrected chi connectivity index (χ4v) is 1.86. The number of rotatable bonds is 4. The van der Waals surface area contributed by atoms with Crippen LogP contribution in [0.25, 0.3) is 0 Å². The van der Waals surface area contributed by atoms with Crippen LogP contribution in [0.15, 0.2) is 0 Å². The molecule has 1 heterocycles.